The molecule has 0 saturated carbocycles. The zero-order valence-corrected chi connectivity index (χ0v) is 13.7. The van der Waals surface area contributed by atoms with Gasteiger partial charge in [0.25, 0.3) is 0 Å². The van der Waals surface area contributed by atoms with Gasteiger partial charge in [-0.3, -0.25) is 0 Å². The Bertz CT molecular complexity index is 465. The molecule has 4 heteroatoms. The van der Waals surface area contributed by atoms with Gasteiger partial charge in [-0.2, -0.15) is 0 Å². The van der Waals surface area contributed by atoms with E-state index in [9.17, 15) is 5.11 Å². The maximum Gasteiger partial charge on any atom is 0.0667 e. The highest BCUT2D eigenvalue weighted by Gasteiger charge is 2.16. The normalized spacial score (nSPS) is 14.6. The van der Waals surface area contributed by atoms with Crippen molar-refractivity contribution in [2.24, 2.45) is 5.92 Å². The van der Waals surface area contributed by atoms with E-state index in [0.717, 1.165) is 12.8 Å². The molecule has 0 fully saturated rings. The van der Waals surface area contributed by atoms with Gasteiger partial charge in [-0.05, 0) is 35.2 Å². The van der Waals surface area contributed by atoms with Crippen LogP contribution in [0.25, 0.3) is 0 Å². The fraction of sp³-hybridized carbons (Fsp3) is 0.500. The molecule has 0 spiro atoms. The third kappa shape index (κ3) is 5.02. The molecule has 0 aliphatic carbocycles. The zero-order valence-electron chi connectivity index (χ0n) is 12.1. The number of aliphatic hydroxyl groups is 1. The summed E-state index contributed by atoms with van der Waals surface area (Å²) in [7, 11) is 0. The minimum Gasteiger partial charge on any atom is -0.392 e. The molecule has 2 rings (SSSR count). The first-order valence-electron chi connectivity index (χ1n) is 7.12. The number of nitrogens with one attached hydrogen (secondary N) is 1. The number of aliphatic hydroxyl groups excluding tert-OH is 1. The summed E-state index contributed by atoms with van der Waals surface area (Å²) in [5.41, 5.74) is 0. The maximum absolute atomic E-state index is 10.0. The molecule has 0 amide bonds. The van der Waals surface area contributed by atoms with E-state index in [-0.39, 0.29) is 6.10 Å². The summed E-state index contributed by atoms with van der Waals surface area (Å²) in [6, 6.07) is 8.84. The van der Waals surface area contributed by atoms with Crippen molar-refractivity contribution < 1.29 is 5.11 Å². The molecule has 20 heavy (non-hydrogen) atoms. The average molecular weight is 310 g/mol. The zero-order chi connectivity index (χ0) is 14.4. The predicted octanol–water partition coefficient (Wildman–Crippen LogP) is 4.09. The van der Waals surface area contributed by atoms with Crippen molar-refractivity contribution in [2.45, 2.75) is 38.8 Å². The minimum atomic E-state index is -0.263. The van der Waals surface area contributed by atoms with Crippen LogP contribution in [0.2, 0.25) is 0 Å². The van der Waals surface area contributed by atoms with Crippen molar-refractivity contribution in [3.05, 3.63) is 44.8 Å². The van der Waals surface area contributed by atoms with Crippen LogP contribution in [0.3, 0.4) is 0 Å². The van der Waals surface area contributed by atoms with Crippen molar-refractivity contribution >= 4 is 22.7 Å². The van der Waals surface area contributed by atoms with Gasteiger partial charge in [0.05, 0.1) is 6.10 Å². The average Bonchev–Trinajstić information content (AvgIpc) is 3.06. The first-order valence-corrected chi connectivity index (χ1v) is 8.88. The number of hydrogen-bond acceptors (Lipinski definition) is 4. The highest BCUT2D eigenvalue weighted by molar-refractivity contribution is 7.10. The molecule has 0 radical (unpaired) electrons. The van der Waals surface area contributed by atoms with Crippen LogP contribution in [0.15, 0.2) is 35.0 Å². The lowest BCUT2D eigenvalue weighted by molar-refractivity contribution is 0.142. The largest absolute Gasteiger partial charge is 0.392 e. The summed E-state index contributed by atoms with van der Waals surface area (Å²) in [5.74, 6) is 0.532. The number of rotatable bonds is 8. The lowest BCUT2D eigenvalue weighted by Crippen LogP contribution is -2.31. The number of hydrogen-bond donors (Lipinski definition) is 2. The first kappa shape index (κ1) is 15.7. The first-order chi connectivity index (χ1) is 9.65. The van der Waals surface area contributed by atoms with Crippen LogP contribution >= 0.6 is 22.7 Å². The maximum atomic E-state index is 10.0. The molecule has 2 aromatic heterocycles. The van der Waals surface area contributed by atoms with E-state index in [1.54, 1.807) is 22.7 Å². The molecule has 0 aromatic carbocycles. The summed E-state index contributed by atoms with van der Waals surface area (Å²) in [6.07, 6.45) is 1.58. The Hall–Kier alpha value is -0.680. The highest BCUT2D eigenvalue weighted by atomic mass is 32.1. The van der Waals surface area contributed by atoms with Gasteiger partial charge in [-0.25, -0.2) is 0 Å². The van der Waals surface area contributed by atoms with Crippen LogP contribution in [0.4, 0.5) is 0 Å². The van der Waals surface area contributed by atoms with Crippen molar-refractivity contribution in [2.75, 3.05) is 6.54 Å². The summed E-state index contributed by atoms with van der Waals surface area (Å²) in [5, 5.41) is 17.8. The van der Waals surface area contributed by atoms with Gasteiger partial charge >= 0.3 is 0 Å². The molecule has 2 unspecified atom stereocenters. The van der Waals surface area contributed by atoms with Crippen molar-refractivity contribution in [1.82, 2.24) is 5.32 Å². The van der Waals surface area contributed by atoms with Crippen molar-refractivity contribution in [1.29, 1.82) is 0 Å². The molecule has 2 atom stereocenters. The van der Waals surface area contributed by atoms with Crippen LogP contribution < -0.4 is 5.32 Å². The lowest BCUT2D eigenvalue weighted by Gasteiger charge is -2.20. The molecule has 2 N–H and O–H groups in total. The Labute approximate surface area is 129 Å². The lowest BCUT2D eigenvalue weighted by atomic mass is 10.1. The van der Waals surface area contributed by atoms with Gasteiger partial charge in [-0.15, -0.1) is 22.7 Å². The van der Waals surface area contributed by atoms with Crippen LogP contribution in [0, 0.1) is 5.92 Å². The fourth-order valence-corrected chi connectivity index (χ4v) is 3.85. The van der Waals surface area contributed by atoms with Crippen LogP contribution in [0.5, 0.6) is 0 Å². The summed E-state index contributed by atoms with van der Waals surface area (Å²) >= 11 is 3.57. The third-order valence-electron chi connectivity index (χ3n) is 3.22. The highest BCUT2D eigenvalue weighted by Crippen LogP contribution is 2.25. The monoisotopic (exact) mass is 309 g/mol. The second-order valence-electron chi connectivity index (χ2n) is 5.54. The topological polar surface area (TPSA) is 32.3 Å². The summed E-state index contributed by atoms with van der Waals surface area (Å²) in [4.78, 5) is 2.73. The smallest absolute Gasteiger partial charge is 0.0667 e. The van der Waals surface area contributed by atoms with Crippen LogP contribution in [-0.4, -0.2) is 17.8 Å². The van der Waals surface area contributed by atoms with E-state index in [4.69, 9.17) is 0 Å². The van der Waals surface area contributed by atoms with E-state index in [1.165, 1.54) is 9.75 Å². The summed E-state index contributed by atoms with van der Waals surface area (Å²) < 4.78 is 0. The molecule has 0 aliphatic rings. The molecular weight excluding hydrogens is 286 g/mol. The molecule has 2 heterocycles. The fourth-order valence-electron chi connectivity index (χ4n) is 2.30. The van der Waals surface area contributed by atoms with Crippen molar-refractivity contribution in [3.8, 4) is 0 Å². The van der Waals surface area contributed by atoms with Gasteiger partial charge in [0.1, 0.15) is 0 Å². The Kier molecular flexibility index (Phi) is 6.23. The van der Waals surface area contributed by atoms with E-state index < -0.39 is 0 Å². The Morgan fingerprint density at radius 3 is 2.50 bits per heavy atom. The van der Waals surface area contributed by atoms with E-state index in [1.807, 2.05) is 0 Å². The SMILES string of the molecule is CC(C)CC(O)CNC(Cc1cccs1)c1cccs1. The van der Waals surface area contributed by atoms with Crippen LogP contribution in [0.1, 0.15) is 36.1 Å². The molecule has 2 nitrogen and oxygen atoms in total. The van der Waals surface area contributed by atoms with Crippen molar-refractivity contribution in [3.63, 3.8) is 0 Å². The second-order valence-corrected chi connectivity index (χ2v) is 7.55. The number of thiophene rings is 2. The van der Waals surface area contributed by atoms with Gasteiger partial charge in [0, 0.05) is 28.8 Å². The third-order valence-corrected chi connectivity index (χ3v) is 5.10. The van der Waals surface area contributed by atoms with Gasteiger partial charge in [0.15, 0.2) is 0 Å². The van der Waals surface area contributed by atoms with Gasteiger partial charge in [0.2, 0.25) is 0 Å². The molecule has 0 saturated heterocycles. The Morgan fingerprint density at radius 1 is 1.15 bits per heavy atom. The van der Waals surface area contributed by atoms with E-state index in [0.29, 0.717) is 18.5 Å². The molecular formula is C16H23NOS2. The molecule has 0 aliphatic heterocycles. The van der Waals surface area contributed by atoms with E-state index >= 15 is 0 Å². The van der Waals surface area contributed by atoms with Gasteiger partial charge in [-0.1, -0.05) is 26.0 Å². The Morgan fingerprint density at radius 2 is 1.90 bits per heavy atom. The quantitative estimate of drug-likeness (QED) is 0.770. The second kappa shape index (κ2) is 7.93. The van der Waals surface area contributed by atoms with Crippen LogP contribution in [-0.2, 0) is 6.42 Å². The summed E-state index contributed by atoms with van der Waals surface area (Å²) in [6.45, 7) is 4.95. The molecule has 2 aromatic rings. The standard InChI is InChI=1S/C16H23NOS2/c1-12(2)9-13(18)11-17-15(16-6-4-8-20-16)10-14-5-3-7-19-14/h3-8,12-13,15,17-18H,9-11H2,1-2H3. The van der Waals surface area contributed by atoms with Gasteiger partial charge < -0.3 is 10.4 Å². The minimum absolute atomic E-state index is 0.263. The van der Waals surface area contributed by atoms with E-state index in [2.05, 4.69) is 54.2 Å². The molecule has 110 valence electrons. The molecule has 0 bridgehead atoms. The predicted molar refractivity (Wildman–Crippen MR) is 88.5 cm³/mol. The Balaban J connectivity index is 1.93.